The first kappa shape index (κ1) is 18.4. The Bertz CT molecular complexity index is 187. The zero-order valence-corrected chi connectivity index (χ0v) is 13.5. The standard InChI is InChI=1S/C16H34N2O/c1-15(2)11-7-5-9-13-18(17-19)14-10-6-8-12-16(3)4/h15-16H,5-14H2,1-4H3. The molecule has 0 atom stereocenters. The third kappa shape index (κ3) is 13.6. The average molecular weight is 270 g/mol. The molecule has 0 aliphatic rings. The van der Waals surface area contributed by atoms with E-state index in [0.29, 0.717) is 0 Å². The van der Waals surface area contributed by atoms with Crippen LogP contribution in [0.25, 0.3) is 0 Å². The number of rotatable bonds is 13. The first-order chi connectivity index (χ1) is 9.06. The Morgan fingerprint density at radius 1 is 0.737 bits per heavy atom. The summed E-state index contributed by atoms with van der Waals surface area (Å²) in [5.74, 6) is 1.59. The highest BCUT2D eigenvalue weighted by atomic mass is 16.3. The Morgan fingerprint density at radius 2 is 1.16 bits per heavy atom. The molecule has 0 aromatic heterocycles. The fourth-order valence-corrected chi connectivity index (χ4v) is 2.24. The minimum atomic E-state index is 0.793. The topological polar surface area (TPSA) is 32.7 Å². The molecule has 0 N–H and O–H groups in total. The summed E-state index contributed by atoms with van der Waals surface area (Å²) in [6.07, 6.45) is 9.79. The van der Waals surface area contributed by atoms with Gasteiger partial charge in [0.05, 0.1) is 5.29 Å². The SMILES string of the molecule is CC(C)CCCCCN(CCCCCC(C)C)N=O. The van der Waals surface area contributed by atoms with E-state index in [2.05, 4.69) is 33.0 Å². The quantitative estimate of drug-likeness (QED) is 0.255. The van der Waals surface area contributed by atoms with Gasteiger partial charge in [0, 0.05) is 13.1 Å². The maximum absolute atomic E-state index is 10.7. The third-order valence-electron chi connectivity index (χ3n) is 3.51. The molecule has 3 heteroatoms. The fraction of sp³-hybridized carbons (Fsp3) is 1.00. The van der Waals surface area contributed by atoms with Gasteiger partial charge in [0.15, 0.2) is 0 Å². The molecular formula is C16H34N2O. The summed E-state index contributed by atoms with van der Waals surface area (Å²) < 4.78 is 0. The largest absolute Gasteiger partial charge is 0.261 e. The molecule has 0 aromatic carbocycles. The number of hydrogen-bond acceptors (Lipinski definition) is 2. The van der Waals surface area contributed by atoms with Crippen molar-refractivity contribution in [1.29, 1.82) is 0 Å². The number of hydrogen-bond donors (Lipinski definition) is 0. The molecule has 0 aliphatic heterocycles. The number of nitrogens with zero attached hydrogens (tertiary/aromatic N) is 2. The van der Waals surface area contributed by atoms with Crippen LogP contribution in [0.4, 0.5) is 0 Å². The van der Waals surface area contributed by atoms with E-state index < -0.39 is 0 Å². The van der Waals surface area contributed by atoms with Gasteiger partial charge in [-0.25, -0.2) is 0 Å². The van der Waals surface area contributed by atoms with Crippen LogP contribution in [0.15, 0.2) is 5.29 Å². The van der Waals surface area contributed by atoms with Crippen molar-refractivity contribution in [3.05, 3.63) is 4.91 Å². The molecule has 3 nitrogen and oxygen atoms in total. The van der Waals surface area contributed by atoms with Crippen LogP contribution in [-0.4, -0.2) is 18.1 Å². The molecule has 0 bridgehead atoms. The lowest BCUT2D eigenvalue weighted by Gasteiger charge is -2.15. The number of nitroso groups, excluding NO2 is 1. The van der Waals surface area contributed by atoms with Crippen molar-refractivity contribution in [1.82, 2.24) is 5.01 Å². The van der Waals surface area contributed by atoms with E-state index >= 15 is 0 Å². The van der Waals surface area contributed by atoms with Gasteiger partial charge in [-0.3, -0.25) is 5.01 Å². The van der Waals surface area contributed by atoms with Gasteiger partial charge in [-0.2, -0.15) is 0 Å². The van der Waals surface area contributed by atoms with Gasteiger partial charge < -0.3 is 0 Å². The Kier molecular flexibility index (Phi) is 12.0. The Morgan fingerprint density at radius 3 is 1.47 bits per heavy atom. The lowest BCUT2D eigenvalue weighted by atomic mass is 10.0. The van der Waals surface area contributed by atoms with E-state index in [-0.39, 0.29) is 0 Å². The zero-order valence-electron chi connectivity index (χ0n) is 13.5. The first-order valence-corrected chi connectivity index (χ1v) is 8.14. The fourth-order valence-electron chi connectivity index (χ4n) is 2.24. The van der Waals surface area contributed by atoms with Crippen molar-refractivity contribution in [2.75, 3.05) is 13.1 Å². The Labute approximate surface area is 120 Å². The zero-order chi connectivity index (χ0) is 14.5. The van der Waals surface area contributed by atoms with Crippen molar-refractivity contribution in [3.8, 4) is 0 Å². The monoisotopic (exact) mass is 270 g/mol. The minimum absolute atomic E-state index is 0.793. The van der Waals surface area contributed by atoms with Crippen LogP contribution in [0.2, 0.25) is 0 Å². The molecule has 0 saturated carbocycles. The molecule has 0 rings (SSSR count). The van der Waals surface area contributed by atoms with Crippen LogP contribution in [0.5, 0.6) is 0 Å². The first-order valence-electron chi connectivity index (χ1n) is 8.14. The van der Waals surface area contributed by atoms with Gasteiger partial charge in [0.2, 0.25) is 0 Å². The Balaban J connectivity index is 3.42. The average Bonchev–Trinajstić information content (AvgIpc) is 2.34. The molecule has 19 heavy (non-hydrogen) atoms. The minimum Gasteiger partial charge on any atom is -0.261 e. The van der Waals surface area contributed by atoms with Gasteiger partial charge in [0.25, 0.3) is 0 Å². The van der Waals surface area contributed by atoms with Crippen LogP contribution in [0.3, 0.4) is 0 Å². The van der Waals surface area contributed by atoms with Crippen molar-refractivity contribution < 1.29 is 0 Å². The molecule has 0 aromatic rings. The van der Waals surface area contributed by atoms with Crippen LogP contribution in [-0.2, 0) is 0 Å². The summed E-state index contributed by atoms with van der Waals surface area (Å²) >= 11 is 0. The van der Waals surface area contributed by atoms with Gasteiger partial charge >= 0.3 is 0 Å². The van der Waals surface area contributed by atoms with Gasteiger partial charge in [-0.05, 0) is 24.7 Å². The lowest BCUT2D eigenvalue weighted by molar-refractivity contribution is 0.267. The van der Waals surface area contributed by atoms with E-state index in [4.69, 9.17) is 0 Å². The molecule has 0 radical (unpaired) electrons. The molecule has 114 valence electrons. The highest BCUT2D eigenvalue weighted by Gasteiger charge is 2.03. The van der Waals surface area contributed by atoms with Gasteiger partial charge in [0.1, 0.15) is 0 Å². The smallest absolute Gasteiger partial charge is 0.0523 e. The van der Waals surface area contributed by atoms with E-state index in [1.807, 2.05) is 0 Å². The summed E-state index contributed by atoms with van der Waals surface area (Å²) in [6.45, 7) is 10.7. The lowest BCUT2D eigenvalue weighted by Crippen LogP contribution is -2.19. The van der Waals surface area contributed by atoms with Gasteiger partial charge in [-0.15, -0.1) is 4.91 Å². The van der Waals surface area contributed by atoms with Crippen molar-refractivity contribution in [3.63, 3.8) is 0 Å². The van der Waals surface area contributed by atoms with E-state index in [0.717, 1.165) is 37.8 Å². The third-order valence-corrected chi connectivity index (χ3v) is 3.51. The van der Waals surface area contributed by atoms with Crippen molar-refractivity contribution >= 4 is 0 Å². The maximum atomic E-state index is 10.7. The normalized spacial score (nSPS) is 11.3. The van der Waals surface area contributed by atoms with Crippen LogP contribution < -0.4 is 0 Å². The van der Waals surface area contributed by atoms with Crippen LogP contribution >= 0.6 is 0 Å². The van der Waals surface area contributed by atoms with Gasteiger partial charge in [-0.1, -0.05) is 66.2 Å². The molecule has 0 fully saturated rings. The molecule has 0 spiro atoms. The summed E-state index contributed by atoms with van der Waals surface area (Å²) in [6, 6.07) is 0. The summed E-state index contributed by atoms with van der Waals surface area (Å²) in [4.78, 5) is 10.7. The molecule has 0 aliphatic carbocycles. The maximum Gasteiger partial charge on any atom is 0.0523 e. The highest BCUT2D eigenvalue weighted by molar-refractivity contribution is 4.55. The van der Waals surface area contributed by atoms with Crippen molar-refractivity contribution in [2.24, 2.45) is 17.1 Å². The molecular weight excluding hydrogens is 236 g/mol. The second kappa shape index (κ2) is 12.4. The predicted molar refractivity (Wildman–Crippen MR) is 84.0 cm³/mol. The molecule has 0 saturated heterocycles. The van der Waals surface area contributed by atoms with E-state index in [1.54, 1.807) is 5.01 Å². The second-order valence-electron chi connectivity index (χ2n) is 6.52. The molecule has 0 unspecified atom stereocenters. The second-order valence-corrected chi connectivity index (χ2v) is 6.52. The Hall–Kier alpha value is -0.600. The highest BCUT2D eigenvalue weighted by Crippen LogP contribution is 2.11. The molecule has 0 heterocycles. The van der Waals surface area contributed by atoms with Crippen molar-refractivity contribution in [2.45, 2.75) is 79.1 Å². The summed E-state index contributed by atoms with van der Waals surface area (Å²) in [5, 5.41) is 4.85. The van der Waals surface area contributed by atoms with Crippen LogP contribution in [0.1, 0.15) is 79.1 Å². The summed E-state index contributed by atoms with van der Waals surface area (Å²) in [5.41, 5.74) is 0. The summed E-state index contributed by atoms with van der Waals surface area (Å²) in [7, 11) is 0. The van der Waals surface area contributed by atoms with Crippen LogP contribution in [0, 0.1) is 16.7 Å². The predicted octanol–water partition coefficient (Wildman–Crippen LogP) is 5.40. The number of unbranched alkanes of at least 4 members (excludes halogenated alkanes) is 4. The van der Waals surface area contributed by atoms with E-state index in [1.165, 1.54) is 38.5 Å². The molecule has 0 amide bonds. The van der Waals surface area contributed by atoms with E-state index in [9.17, 15) is 4.91 Å².